The minimum Gasteiger partial charge on any atom is -0.497 e. The normalized spacial score (nSPS) is 10.2. The number of carbonyl (C=O) groups is 1. The van der Waals surface area contributed by atoms with E-state index in [0.717, 1.165) is 17.0 Å². The number of nitrogens with one attached hydrogen (secondary N) is 2. The summed E-state index contributed by atoms with van der Waals surface area (Å²) in [6, 6.07) is 16.4. The first-order valence-electron chi connectivity index (χ1n) is 8.42. The molecule has 0 aliphatic heterocycles. The van der Waals surface area contributed by atoms with Crippen molar-refractivity contribution in [1.82, 2.24) is 4.98 Å². The Morgan fingerprint density at radius 2 is 1.85 bits per heavy atom. The first-order valence-corrected chi connectivity index (χ1v) is 8.42. The van der Waals surface area contributed by atoms with Crippen LogP contribution in [0.25, 0.3) is 0 Å². The summed E-state index contributed by atoms with van der Waals surface area (Å²) < 4.78 is 10.5. The molecule has 1 heterocycles. The Bertz CT molecular complexity index is 940. The number of benzene rings is 2. The third-order valence-electron chi connectivity index (χ3n) is 3.97. The van der Waals surface area contributed by atoms with Gasteiger partial charge in [-0.05, 0) is 55.0 Å². The minimum absolute atomic E-state index is 0.225. The molecule has 0 spiro atoms. The Morgan fingerprint density at radius 1 is 1.00 bits per heavy atom. The van der Waals surface area contributed by atoms with Crippen molar-refractivity contribution < 1.29 is 14.3 Å². The molecule has 0 saturated heterocycles. The number of carbonyl (C=O) groups excluding carboxylic acids is 1. The average Bonchev–Trinajstić information content (AvgIpc) is 2.69. The lowest BCUT2D eigenvalue weighted by atomic mass is 10.2. The highest BCUT2D eigenvalue weighted by molar-refractivity contribution is 6.04. The number of anilines is 3. The van der Waals surface area contributed by atoms with Gasteiger partial charge >= 0.3 is 0 Å². The van der Waals surface area contributed by atoms with Crippen LogP contribution in [0, 0.1) is 6.92 Å². The van der Waals surface area contributed by atoms with Crippen LogP contribution < -0.4 is 20.1 Å². The molecule has 0 bridgehead atoms. The number of hydrogen-bond acceptors (Lipinski definition) is 5. The van der Waals surface area contributed by atoms with Crippen LogP contribution in [-0.4, -0.2) is 25.1 Å². The number of nitrogens with zero attached hydrogens (tertiary/aromatic N) is 1. The van der Waals surface area contributed by atoms with E-state index in [1.165, 1.54) is 0 Å². The van der Waals surface area contributed by atoms with E-state index in [1.54, 1.807) is 56.8 Å². The number of rotatable bonds is 6. The van der Waals surface area contributed by atoms with Crippen LogP contribution in [0.5, 0.6) is 11.5 Å². The molecule has 0 atom stereocenters. The molecular formula is C21H21N3O3. The van der Waals surface area contributed by atoms with Crippen LogP contribution in [0.15, 0.2) is 60.8 Å². The molecule has 6 nitrogen and oxygen atoms in total. The zero-order valence-corrected chi connectivity index (χ0v) is 15.4. The molecule has 0 saturated carbocycles. The monoisotopic (exact) mass is 363 g/mol. The molecular weight excluding hydrogens is 342 g/mol. The molecule has 0 aliphatic rings. The Balaban J connectivity index is 1.70. The molecule has 3 aromatic rings. The number of amides is 1. The van der Waals surface area contributed by atoms with Gasteiger partial charge in [-0.15, -0.1) is 0 Å². The SMILES string of the molecule is COc1cccc(C(=O)Nc2ccc(Nc3cc(C)ccc3OC)nc2)c1. The Hall–Kier alpha value is -3.54. The average molecular weight is 363 g/mol. The number of pyridine rings is 1. The zero-order chi connectivity index (χ0) is 19.2. The van der Waals surface area contributed by atoms with Gasteiger partial charge in [-0.25, -0.2) is 4.98 Å². The van der Waals surface area contributed by atoms with Crippen LogP contribution in [0.3, 0.4) is 0 Å². The summed E-state index contributed by atoms with van der Waals surface area (Å²) >= 11 is 0. The quantitative estimate of drug-likeness (QED) is 0.679. The molecule has 2 N–H and O–H groups in total. The molecule has 138 valence electrons. The summed E-state index contributed by atoms with van der Waals surface area (Å²) in [6.45, 7) is 2.01. The maximum Gasteiger partial charge on any atom is 0.255 e. The minimum atomic E-state index is -0.225. The van der Waals surface area contributed by atoms with Crippen LogP contribution in [0.1, 0.15) is 15.9 Å². The standard InChI is InChI=1S/C21H21N3O3/c1-14-7-9-19(27-3)18(11-14)24-20-10-8-16(13-22-20)23-21(25)15-5-4-6-17(12-15)26-2/h4-13H,1-3H3,(H,22,24)(H,23,25). The van der Waals surface area contributed by atoms with Gasteiger partial charge in [0.25, 0.3) is 5.91 Å². The Kier molecular flexibility index (Phi) is 5.56. The fraction of sp³-hybridized carbons (Fsp3) is 0.143. The van der Waals surface area contributed by atoms with Crippen LogP contribution in [-0.2, 0) is 0 Å². The fourth-order valence-electron chi connectivity index (χ4n) is 2.57. The van der Waals surface area contributed by atoms with Crippen LogP contribution >= 0.6 is 0 Å². The number of methoxy groups -OCH3 is 2. The molecule has 6 heteroatoms. The van der Waals surface area contributed by atoms with E-state index < -0.39 is 0 Å². The highest BCUT2D eigenvalue weighted by atomic mass is 16.5. The highest BCUT2D eigenvalue weighted by Crippen LogP contribution is 2.28. The van der Waals surface area contributed by atoms with Gasteiger partial charge in [0.05, 0.1) is 31.8 Å². The molecule has 27 heavy (non-hydrogen) atoms. The molecule has 0 aliphatic carbocycles. The number of aryl methyl sites for hydroxylation is 1. The second-order valence-electron chi connectivity index (χ2n) is 5.95. The van der Waals surface area contributed by atoms with Gasteiger partial charge in [-0.1, -0.05) is 12.1 Å². The van der Waals surface area contributed by atoms with Crippen molar-refractivity contribution in [3.63, 3.8) is 0 Å². The number of aromatic nitrogens is 1. The molecule has 1 amide bonds. The molecule has 0 fully saturated rings. The maximum absolute atomic E-state index is 12.4. The zero-order valence-electron chi connectivity index (χ0n) is 15.4. The van der Waals surface area contributed by atoms with Crippen molar-refractivity contribution in [2.45, 2.75) is 6.92 Å². The lowest BCUT2D eigenvalue weighted by Crippen LogP contribution is -2.12. The van der Waals surface area contributed by atoms with Crippen molar-refractivity contribution in [3.05, 3.63) is 71.9 Å². The van der Waals surface area contributed by atoms with Crippen molar-refractivity contribution in [1.29, 1.82) is 0 Å². The molecule has 2 aromatic carbocycles. The van der Waals surface area contributed by atoms with Crippen LogP contribution in [0.2, 0.25) is 0 Å². The third kappa shape index (κ3) is 4.55. The predicted molar refractivity (Wildman–Crippen MR) is 106 cm³/mol. The van der Waals surface area contributed by atoms with Gasteiger partial charge < -0.3 is 20.1 Å². The first-order chi connectivity index (χ1) is 13.1. The van der Waals surface area contributed by atoms with E-state index in [1.807, 2.05) is 25.1 Å². The van der Waals surface area contributed by atoms with Crippen molar-refractivity contribution in [3.8, 4) is 11.5 Å². The van der Waals surface area contributed by atoms with Crippen molar-refractivity contribution >= 4 is 23.1 Å². The fourth-order valence-corrected chi connectivity index (χ4v) is 2.57. The van der Waals surface area contributed by atoms with E-state index in [-0.39, 0.29) is 5.91 Å². The second-order valence-corrected chi connectivity index (χ2v) is 5.95. The third-order valence-corrected chi connectivity index (χ3v) is 3.97. The lowest BCUT2D eigenvalue weighted by molar-refractivity contribution is 0.102. The van der Waals surface area contributed by atoms with Crippen molar-refractivity contribution in [2.75, 3.05) is 24.9 Å². The lowest BCUT2D eigenvalue weighted by Gasteiger charge is -2.12. The summed E-state index contributed by atoms with van der Waals surface area (Å²) in [6.07, 6.45) is 1.60. The first kappa shape index (κ1) is 18.3. The molecule has 0 radical (unpaired) electrons. The van der Waals surface area contributed by atoms with Crippen LogP contribution in [0.4, 0.5) is 17.2 Å². The van der Waals surface area contributed by atoms with Gasteiger partial charge in [0, 0.05) is 5.56 Å². The molecule has 3 rings (SSSR count). The summed E-state index contributed by atoms with van der Waals surface area (Å²) in [7, 11) is 3.19. The molecule has 0 unspecified atom stereocenters. The van der Waals surface area contributed by atoms with Gasteiger partial charge in [0.2, 0.25) is 0 Å². The summed E-state index contributed by atoms with van der Waals surface area (Å²) in [5.41, 5.74) is 3.06. The van der Waals surface area contributed by atoms with E-state index in [2.05, 4.69) is 15.6 Å². The van der Waals surface area contributed by atoms with Gasteiger partial charge in [0.15, 0.2) is 0 Å². The van der Waals surface area contributed by atoms with E-state index in [4.69, 9.17) is 9.47 Å². The Morgan fingerprint density at radius 3 is 2.56 bits per heavy atom. The largest absolute Gasteiger partial charge is 0.497 e. The van der Waals surface area contributed by atoms with E-state index in [9.17, 15) is 4.79 Å². The smallest absolute Gasteiger partial charge is 0.255 e. The van der Waals surface area contributed by atoms with Gasteiger partial charge in [-0.3, -0.25) is 4.79 Å². The van der Waals surface area contributed by atoms with Gasteiger partial charge in [0.1, 0.15) is 17.3 Å². The number of hydrogen-bond donors (Lipinski definition) is 2. The summed E-state index contributed by atoms with van der Waals surface area (Å²) in [5.74, 6) is 1.79. The second kappa shape index (κ2) is 8.23. The highest BCUT2D eigenvalue weighted by Gasteiger charge is 2.08. The summed E-state index contributed by atoms with van der Waals surface area (Å²) in [5, 5.41) is 6.05. The topological polar surface area (TPSA) is 72.5 Å². The summed E-state index contributed by atoms with van der Waals surface area (Å²) in [4.78, 5) is 16.7. The van der Waals surface area contributed by atoms with E-state index >= 15 is 0 Å². The maximum atomic E-state index is 12.4. The van der Waals surface area contributed by atoms with Gasteiger partial charge in [-0.2, -0.15) is 0 Å². The van der Waals surface area contributed by atoms with Crippen molar-refractivity contribution in [2.24, 2.45) is 0 Å². The Labute approximate surface area is 158 Å². The predicted octanol–water partition coefficient (Wildman–Crippen LogP) is 4.40. The molecule has 1 aromatic heterocycles. The number of ether oxygens (including phenoxy) is 2. The van der Waals surface area contributed by atoms with E-state index in [0.29, 0.717) is 22.8 Å².